The first-order chi connectivity index (χ1) is 11.4. The Morgan fingerprint density at radius 2 is 2.08 bits per heavy atom. The first-order valence-electron chi connectivity index (χ1n) is 7.18. The lowest BCUT2D eigenvalue weighted by Crippen LogP contribution is -2.32. The van der Waals surface area contributed by atoms with Gasteiger partial charge in [0.15, 0.2) is 0 Å². The van der Waals surface area contributed by atoms with Crippen LogP contribution < -0.4 is 16.0 Å². The second-order valence-corrected chi connectivity index (χ2v) is 5.39. The zero-order valence-electron chi connectivity index (χ0n) is 13.1. The lowest BCUT2D eigenvalue weighted by atomic mass is 9.83. The fourth-order valence-corrected chi connectivity index (χ4v) is 2.84. The fraction of sp³-hybridized carbons (Fsp3) is 0.176. The molecule has 1 atom stereocenters. The standard InChI is InChI=1S/C17H15FN2O4/c1-8-7-11-13(16(21)20-8)12(9-5-3-4-6-10(9)18)14(15(19)24-11)17(22)23-2/h3-7,12H,19H2,1-2H3,(H,20,21)/t12-/m1/s1. The highest BCUT2D eigenvalue weighted by atomic mass is 19.1. The van der Waals surface area contributed by atoms with Crippen molar-refractivity contribution in [3.05, 3.63) is 74.8 Å². The van der Waals surface area contributed by atoms with Crippen molar-refractivity contribution in [2.75, 3.05) is 7.11 Å². The van der Waals surface area contributed by atoms with E-state index >= 15 is 0 Å². The summed E-state index contributed by atoms with van der Waals surface area (Å²) in [6, 6.07) is 7.44. The van der Waals surface area contributed by atoms with Gasteiger partial charge in [-0.15, -0.1) is 0 Å². The lowest BCUT2D eigenvalue weighted by molar-refractivity contribution is -0.136. The van der Waals surface area contributed by atoms with E-state index in [1.54, 1.807) is 19.1 Å². The summed E-state index contributed by atoms with van der Waals surface area (Å²) < 4.78 is 24.6. The molecule has 1 aromatic heterocycles. The number of nitrogens with one attached hydrogen (secondary N) is 1. The molecule has 2 heterocycles. The number of carbonyl (C=O) groups is 1. The number of fused-ring (bicyclic) bond motifs is 1. The lowest BCUT2D eigenvalue weighted by Gasteiger charge is -2.27. The minimum Gasteiger partial charge on any atom is -0.465 e. The summed E-state index contributed by atoms with van der Waals surface area (Å²) >= 11 is 0. The topological polar surface area (TPSA) is 94.4 Å². The Labute approximate surface area is 136 Å². The van der Waals surface area contributed by atoms with Crippen LogP contribution in [-0.4, -0.2) is 18.1 Å². The van der Waals surface area contributed by atoms with Gasteiger partial charge in [-0.25, -0.2) is 9.18 Å². The number of ether oxygens (including phenoxy) is 2. The number of aryl methyl sites for hydroxylation is 1. The summed E-state index contributed by atoms with van der Waals surface area (Å²) in [5.41, 5.74) is 6.09. The number of benzene rings is 1. The number of rotatable bonds is 2. The number of aromatic amines is 1. The third-order valence-corrected chi connectivity index (χ3v) is 3.85. The van der Waals surface area contributed by atoms with Crippen LogP contribution >= 0.6 is 0 Å². The maximum Gasteiger partial charge on any atom is 0.340 e. The van der Waals surface area contributed by atoms with Crippen molar-refractivity contribution in [1.82, 2.24) is 4.98 Å². The van der Waals surface area contributed by atoms with Crippen LogP contribution in [0.25, 0.3) is 0 Å². The minimum absolute atomic E-state index is 0.107. The van der Waals surface area contributed by atoms with Gasteiger partial charge < -0.3 is 20.2 Å². The molecule has 24 heavy (non-hydrogen) atoms. The molecule has 1 aromatic carbocycles. The first-order valence-corrected chi connectivity index (χ1v) is 7.18. The number of pyridine rings is 1. The molecule has 0 saturated carbocycles. The van der Waals surface area contributed by atoms with Crippen LogP contribution in [0.1, 0.15) is 22.7 Å². The monoisotopic (exact) mass is 330 g/mol. The minimum atomic E-state index is -1.02. The van der Waals surface area contributed by atoms with Gasteiger partial charge in [0.25, 0.3) is 5.56 Å². The quantitative estimate of drug-likeness (QED) is 0.817. The van der Waals surface area contributed by atoms with E-state index in [9.17, 15) is 14.0 Å². The van der Waals surface area contributed by atoms with Crippen LogP contribution in [0.4, 0.5) is 4.39 Å². The number of methoxy groups -OCH3 is 1. The predicted octanol–water partition coefficient (Wildman–Crippen LogP) is 1.69. The average Bonchev–Trinajstić information content (AvgIpc) is 2.53. The molecule has 1 aliphatic heterocycles. The molecule has 0 radical (unpaired) electrons. The third-order valence-electron chi connectivity index (χ3n) is 3.85. The summed E-state index contributed by atoms with van der Waals surface area (Å²) in [6.07, 6.45) is 0. The Kier molecular flexibility index (Phi) is 3.84. The van der Waals surface area contributed by atoms with Gasteiger partial charge >= 0.3 is 5.97 Å². The van der Waals surface area contributed by atoms with Gasteiger partial charge in [-0.1, -0.05) is 18.2 Å². The van der Waals surface area contributed by atoms with Crippen molar-refractivity contribution in [1.29, 1.82) is 0 Å². The molecule has 0 saturated heterocycles. The molecule has 0 spiro atoms. The van der Waals surface area contributed by atoms with E-state index < -0.39 is 23.3 Å². The number of hydrogen-bond donors (Lipinski definition) is 2. The van der Waals surface area contributed by atoms with Crippen molar-refractivity contribution in [2.24, 2.45) is 5.73 Å². The van der Waals surface area contributed by atoms with Gasteiger partial charge in [0.1, 0.15) is 17.1 Å². The van der Waals surface area contributed by atoms with Crippen molar-refractivity contribution in [2.45, 2.75) is 12.8 Å². The Balaban J connectivity index is 2.35. The highest BCUT2D eigenvalue weighted by molar-refractivity contribution is 5.92. The van der Waals surface area contributed by atoms with Crippen molar-refractivity contribution >= 4 is 5.97 Å². The summed E-state index contributed by atoms with van der Waals surface area (Å²) in [5.74, 6) is -2.40. The van der Waals surface area contributed by atoms with Gasteiger partial charge in [-0.2, -0.15) is 0 Å². The molecule has 7 heteroatoms. The maximum atomic E-state index is 14.4. The van der Waals surface area contributed by atoms with Gasteiger partial charge in [-0.3, -0.25) is 4.79 Å². The van der Waals surface area contributed by atoms with E-state index in [4.69, 9.17) is 15.2 Å². The van der Waals surface area contributed by atoms with Crippen molar-refractivity contribution < 1.29 is 18.7 Å². The van der Waals surface area contributed by atoms with Crippen LogP contribution in [0, 0.1) is 12.7 Å². The van der Waals surface area contributed by atoms with E-state index in [1.807, 2.05) is 0 Å². The molecule has 3 rings (SSSR count). The zero-order chi connectivity index (χ0) is 17.4. The Hall–Kier alpha value is -3.09. The number of nitrogens with two attached hydrogens (primary N) is 1. The van der Waals surface area contributed by atoms with E-state index in [0.29, 0.717) is 5.69 Å². The zero-order valence-corrected chi connectivity index (χ0v) is 13.1. The second-order valence-electron chi connectivity index (χ2n) is 5.39. The largest absolute Gasteiger partial charge is 0.465 e. The predicted molar refractivity (Wildman–Crippen MR) is 83.9 cm³/mol. The molecular weight excluding hydrogens is 315 g/mol. The average molecular weight is 330 g/mol. The molecule has 6 nitrogen and oxygen atoms in total. The van der Waals surface area contributed by atoms with Crippen molar-refractivity contribution in [3.63, 3.8) is 0 Å². The SMILES string of the molecule is COC(=O)C1=C(N)Oc2cc(C)[nH]c(=O)c2[C@H]1c1ccccc1F. The van der Waals surface area contributed by atoms with Gasteiger partial charge in [0.05, 0.1) is 18.6 Å². The van der Waals surface area contributed by atoms with Gasteiger partial charge in [0.2, 0.25) is 5.88 Å². The molecule has 1 aliphatic rings. The van der Waals surface area contributed by atoms with Crippen LogP contribution in [-0.2, 0) is 9.53 Å². The summed E-state index contributed by atoms with van der Waals surface area (Å²) in [6.45, 7) is 1.68. The van der Waals surface area contributed by atoms with Crippen molar-refractivity contribution in [3.8, 4) is 5.75 Å². The molecule has 0 unspecified atom stereocenters. The van der Waals surface area contributed by atoms with Crippen LogP contribution in [0.5, 0.6) is 5.75 Å². The van der Waals surface area contributed by atoms with Gasteiger partial charge in [-0.05, 0) is 13.0 Å². The maximum absolute atomic E-state index is 14.4. The van der Waals surface area contributed by atoms with E-state index in [2.05, 4.69) is 4.98 Å². The Morgan fingerprint density at radius 1 is 1.38 bits per heavy atom. The van der Waals surface area contributed by atoms with Crippen LogP contribution in [0.3, 0.4) is 0 Å². The molecule has 2 aromatic rings. The second kappa shape index (κ2) is 5.84. The smallest absolute Gasteiger partial charge is 0.340 e. The highest BCUT2D eigenvalue weighted by Gasteiger charge is 2.38. The molecule has 0 aliphatic carbocycles. The molecule has 3 N–H and O–H groups in total. The summed E-state index contributed by atoms with van der Waals surface area (Å²) in [4.78, 5) is 27.3. The molecule has 0 bridgehead atoms. The van der Waals surface area contributed by atoms with E-state index in [1.165, 1.54) is 25.3 Å². The highest BCUT2D eigenvalue weighted by Crippen LogP contribution is 2.41. The molecule has 0 fully saturated rings. The van der Waals surface area contributed by atoms with Crippen LogP contribution in [0.15, 0.2) is 46.6 Å². The fourth-order valence-electron chi connectivity index (χ4n) is 2.84. The Morgan fingerprint density at radius 3 is 2.75 bits per heavy atom. The van der Waals surface area contributed by atoms with Gasteiger partial charge in [0, 0.05) is 17.3 Å². The number of esters is 1. The molecule has 124 valence electrons. The number of hydrogen-bond acceptors (Lipinski definition) is 5. The molecular formula is C17H15FN2O4. The Bertz CT molecular complexity index is 917. The number of halogens is 1. The normalized spacial score (nSPS) is 16.4. The number of carbonyl (C=O) groups excluding carboxylic acids is 1. The third kappa shape index (κ3) is 2.44. The summed E-state index contributed by atoms with van der Waals surface area (Å²) in [5, 5.41) is 0. The van der Waals surface area contributed by atoms with E-state index in [0.717, 1.165) is 0 Å². The first kappa shape index (κ1) is 15.8. The molecule has 0 amide bonds. The number of aromatic nitrogens is 1. The number of H-pyrrole nitrogens is 1. The van der Waals surface area contributed by atoms with Crippen LogP contribution in [0.2, 0.25) is 0 Å². The summed E-state index contributed by atoms with van der Waals surface area (Å²) in [7, 11) is 1.18. The van der Waals surface area contributed by atoms with E-state index in [-0.39, 0.29) is 28.3 Å².